The van der Waals surface area contributed by atoms with Crippen molar-refractivity contribution >= 4 is 5.69 Å². The number of aryl methyl sites for hydroxylation is 1. The standard InChI is InChI=1S/C15H22N4/c1-5-12-7-6-8-13(9-12)16-10-14-11-19(18-17-14)15(2,3)4/h6-9,11,16H,5,10H2,1-4H3. The van der Waals surface area contributed by atoms with E-state index >= 15 is 0 Å². The third-order valence-corrected chi connectivity index (χ3v) is 3.04. The zero-order valence-electron chi connectivity index (χ0n) is 12.1. The summed E-state index contributed by atoms with van der Waals surface area (Å²) < 4.78 is 1.90. The van der Waals surface area contributed by atoms with Crippen molar-refractivity contribution in [1.82, 2.24) is 15.0 Å². The fraction of sp³-hybridized carbons (Fsp3) is 0.467. The summed E-state index contributed by atoms with van der Waals surface area (Å²) >= 11 is 0. The minimum absolute atomic E-state index is 0.0205. The summed E-state index contributed by atoms with van der Waals surface area (Å²) in [6.45, 7) is 9.20. The van der Waals surface area contributed by atoms with Gasteiger partial charge in [0.05, 0.1) is 18.3 Å². The lowest BCUT2D eigenvalue weighted by atomic mass is 10.1. The second-order valence-electron chi connectivity index (χ2n) is 5.73. The van der Waals surface area contributed by atoms with Crippen LogP contribution in [-0.2, 0) is 18.5 Å². The lowest BCUT2D eigenvalue weighted by molar-refractivity contribution is 0.347. The molecule has 0 unspecified atom stereocenters. The molecule has 4 heteroatoms. The summed E-state index contributed by atoms with van der Waals surface area (Å²) in [5.74, 6) is 0. The molecule has 0 fully saturated rings. The number of hydrogen-bond acceptors (Lipinski definition) is 3. The molecule has 0 amide bonds. The first-order chi connectivity index (χ1) is 8.99. The molecule has 0 radical (unpaired) electrons. The van der Waals surface area contributed by atoms with Crippen LogP contribution in [0.3, 0.4) is 0 Å². The number of hydrogen-bond donors (Lipinski definition) is 1. The van der Waals surface area contributed by atoms with Crippen LogP contribution in [0.1, 0.15) is 39.0 Å². The lowest BCUT2D eigenvalue weighted by Crippen LogP contribution is -2.22. The maximum absolute atomic E-state index is 4.19. The molecule has 0 bridgehead atoms. The Kier molecular flexibility index (Phi) is 3.88. The van der Waals surface area contributed by atoms with E-state index in [2.05, 4.69) is 67.6 Å². The molecule has 0 aliphatic carbocycles. The quantitative estimate of drug-likeness (QED) is 0.915. The van der Waals surface area contributed by atoms with Crippen molar-refractivity contribution in [3.05, 3.63) is 41.7 Å². The van der Waals surface area contributed by atoms with E-state index in [1.54, 1.807) is 0 Å². The summed E-state index contributed by atoms with van der Waals surface area (Å²) in [7, 11) is 0. The van der Waals surface area contributed by atoms with Gasteiger partial charge in [-0.25, -0.2) is 4.68 Å². The molecule has 0 saturated heterocycles. The largest absolute Gasteiger partial charge is 0.379 e. The van der Waals surface area contributed by atoms with Crippen molar-refractivity contribution in [2.24, 2.45) is 0 Å². The van der Waals surface area contributed by atoms with E-state index in [-0.39, 0.29) is 5.54 Å². The van der Waals surface area contributed by atoms with Gasteiger partial charge >= 0.3 is 0 Å². The summed E-state index contributed by atoms with van der Waals surface area (Å²) in [5.41, 5.74) is 3.40. The second-order valence-corrected chi connectivity index (χ2v) is 5.73. The summed E-state index contributed by atoms with van der Waals surface area (Å²) in [6.07, 6.45) is 3.05. The number of anilines is 1. The van der Waals surface area contributed by atoms with Crippen LogP contribution in [0.25, 0.3) is 0 Å². The lowest BCUT2D eigenvalue weighted by Gasteiger charge is -2.17. The molecule has 2 aromatic rings. The van der Waals surface area contributed by atoms with Crippen LogP contribution in [0, 0.1) is 0 Å². The average molecular weight is 258 g/mol. The van der Waals surface area contributed by atoms with Gasteiger partial charge < -0.3 is 5.32 Å². The van der Waals surface area contributed by atoms with Gasteiger partial charge in [-0.2, -0.15) is 0 Å². The molecule has 1 aromatic carbocycles. The van der Waals surface area contributed by atoms with Gasteiger partial charge in [-0.3, -0.25) is 0 Å². The van der Waals surface area contributed by atoms with Crippen molar-refractivity contribution in [2.45, 2.75) is 46.2 Å². The Labute approximate surface area is 114 Å². The van der Waals surface area contributed by atoms with E-state index < -0.39 is 0 Å². The van der Waals surface area contributed by atoms with E-state index in [9.17, 15) is 0 Å². The molecule has 0 saturated carbocycles. The average Bonchev–Trinajstić information content (AvgIpc) is 2.85. The number of nitrogens with one attached hydrogen (secondary N) is 1. The number of nitrogens with zero attached hydrogens (tertiary/aromatic N) is 3. The minimum atomic E-state index is -0.0205. The molecule has 1 heterocycles. The molecular weight excluding hydrogens is 236 g/mol. The molecule has 0 aliphatic rings. The highest BCUT2D eigenvalue weighted by atomic mass is 15.4. The van der Waals surface area contributed by atoms with E-state index in [1.807, 2.05) is 10.9 Å². The number of benzene rings is 1. The maximum Gasteiger partial charge on any atom is 0.102 e. The molecule has 19 heavy (non-hydrogen) atoms. The van der Waals surface area contributed by atoms with Crippen LogP contribution in [-0.4, -0.2) is 15.0 Å². The molecule has 4 nitrogen and oxygen atoms in total. The zero-order valence-corrected chi connectivity index (χ0v) is 12.1. The number of rotatable bonds is 4. The van der Waals surface area contributed by atoms with E-state index in [1.165, 1.54) is 5.56 Å². The van der Waals surface area contributed by atoms with E-state index in [0.29, 0.717) is 6.54 Å². The summed E-state index contributed by atoms with van der Waals surface area (Å²) in [6, 6.07) is 8.47. The Balaban J connectivity index is 2.00. The van der Waals surface area contributed by atoms with Gasteiger partial charge in [-0.15, -0.1) is 5.10 Å². The highest BCUT2D eigenvalue weighted by Gasteiger charge is 2.14. The first kappa shape index (κ1) is 13.6. The van der Waals surface area contributed by atoms with Crippen LogP contribution in [0.5, 0.6) is 0 Å². The van der Waals surface area contributed by atoms with Gasteiger partial charge in [0.2, 0.25) is 0 Å². The molecule has 0 atom stereocenters. The fourth-order valence-corrected chi connectivity index (χ4v) is 1.80. The van der Waals surface area contributed by atoms with Crippen LogP contribution in [0.2, 0.25) is 0 Å². The molecule has 1 N–H and O–H groups in total. The molecule has 102 valence electrons. The van der Waals surface area contributed by atoms with E-state index in [0.717, 1.165) is 17.8 Å². The number of aromatic nitrogens is 3. The fourth-order valence-electron chi connectivity index (χ4n) is 1.80. The van der Waals surface area contributed by atoms with Crippen LogP contribution in [0.15, 0.2) is 30.5 Å². The summed E-state index contributed by atoms with van der Waals surface area (Å²) in [4.78, 5) is 0. The first-order valence-corrected chi connectivity index (χ1v) is 6.73. The Morgan fingerprint density at radius 2 is 2.05 bits per heavy atom. The van der Waals surface area contributed by atoms with Gasteiger partial charge in [0, 0.05) is 5.69 Å². The van der Waals surface area contributed by atoms with Crippen molar-refractivity contribution in [3.8, 4) is 0 Å². The van der Waals surface area contributed by atoms with Crippen LogP contribution >= 0.6 is 0 Å². The predicted octanol–water partition coefficient (Wildman–Crippen LogP) is 3.21. The molecule has 2 rings (SSSR count). The maximum atomic E-state index is 4.19. The predicted molar refractivity (Wildman–Crippen MR) is 78.2 cm³/mol. The third-order valence-electron chi connectivity index (χ3n) is 3.04. The Morgan fingerprint density at radius 3 is 2.68 bits per heavy atom. The highest BCUT2D eigenvalue weighted by Crippen LogP contribution is 2.14. The van der Waals surface area contributed by atoms with Gasteiger partial charge in [-0.05, 0) is 44.9 Å². The first-order valence-electron chi connectivity index (χ1n) is 6.73. The van der Waals surface area contributed by atoms with Gasteiger partial charge in [-0.1, -0.05) is 24.3 Å². The Morgan fingerprint density at radius 1 is 1.26 bits per heavy atom. The topological polar surface area (TPSA) is 42.7 Å². The highest BCUT2D eigenvalue weighted by molar-refractivity contribution is 5.45. The van der Waals surface area contributed by atoms with Gasteiger partial charge in [0.25, 0.3) is 0 Å². The van der Waals surface area contributed by atoms with Crippen molar-refractivity contribution in [3.63, 3.8) is 0 Å². The van der Waals surface area contributed by atoms with E-state index in [4.69, 9.17) is 0 Å². The monoisotopic (exact) mass is 258 g/mol. The van der Waals surface area contributed by atoms with Crippen molar-refractivity contribution in [1.29, 1.82) is 0 Å². The second kappa shape index (κ2) is 5.43. The molecule has 0 aliphatic heterocycles. The smallest absolute Gasteiger partial charge is 0.102 e. The zero-order chi connectivity index (χ0) is 13.9. The van der Waals surface area contributed by atoms with Crippen molar-refractivity contribution < 1.29 is 0 Å². The molecular formula is C15H22N4. The minimum Gasteiger partial charge on any atom is -0.379 e. The normalized spacial score (nSPS) is 11.6. The van der Waals surface area contributed by atoms with Crippen molar-refractivity contribution in [2.75, 3.05) is 5.32 Å². The van der Waals surface area contributed by atoms with Crippen LogP contribution in [0.4, 0.5) is 5.69 Å². The van der Waals surface area contributed by atoms with Gasteiger partial charge in [0.15, 0.2) is 0 Å². The van der Waals surface area contributed by atoms with Gasteiger partial charge in [0.1, 0.15) is 5.69 Å². The molecule has 1 aromatic heterocycles. The SMILES string of the molecule is CCc1cccc(NCc2cn(C(C)(C)C)nn2)c1. The third kappa shape index (κ3) is 3.56. The Hall–Kier alpha value is -1.84. The van der Waals surface area contributed by atoms with Crippen LogP contribution < -0.4 is 5.32 Å². The Bertz CT molecular complexity index is 537. The summed E-state index contributed by atoms with van der Waals surface area (Å²) in [5, 5.41) is 11.7. The molecule has 0 spiro atoms.